The summed E-state index contributed by atoms with van der Waals surface area (Å²) in [6.45, 7) is 3.88. The molecule has 0 aliphatic carbocycles. The maximum absolute atomic E-state index is 6.23. The number of likely N-dealkylation sites (N-methyl/N-ethyl adjacent to an activating group) is 1. The highest BCUT2D eigenvalue weighted by atomic mass is 16.5. The summed E-state index contributed by atoms with van der Waals surface area (Å²) >= 11 is 0. The van der Waals surface area contributed by atoms with Gasteiger partial charge < -0.3 is 15.2 Å². The molecular weight excluding hydrogens is 264 g/mol. The second-order valence-electron chi connectivity index (χ2n) is 6.01. The van der Waals surface area contributed by atoms with Gasteiger partial charge in [0.1, 0.15) is 5.75 Å². The van der Waals surface area contributed by atoms with E-state index in [1.807, 2.05) is 12.1 Å². The van der Waals surface area contributed by atoms with Crippen molar-refractivity contribution >= 4 is 0 Å². The molecule has 0 spiro atoms. The number of benzene rings is 1. The van der Waals surface area contributed by atoms with Crippen LogP contribution in [0.1, 0.15) is 37.8 Å². The Morgan fingerprint density at radius 1 is 1.33 bits per heavy atom. The summed E-state index contributed by atoms with van der Waals surface area (Å²) in [4.78, 5) is 2.32. The van der Waals surface area contributed by atoms with E-state index in [2.05, 4.69) is 31.0 Å². The summed E-state index contributed by atoms with van der Waals surface area (Å²) in [7, 11) is 3.82. The van der Waals surface area contributed by atoms with E-state index in [1.165, 1.54) is 18.4 Å². The minimum Gasteiger partial charge on any atom is -0.497 e. The average Bonchev–Trinajstić information content (AvgIpc) is 2.49. The topological polar surface area (TPSA) is 47.7 Å². The van der Waals surface area contributed by atoms with Gasteiger partial charge >= 0.3 is 0 Å². The Balaban J connectivity index is 2.05. The zero-order valence-electron chi connectivity index (χ0n) is 13.4. The van der Waals surface area contributed by atoms with Crippen LogP contribution in [0.3, 0.4) is 0 Å². The van der Waals surface area contributed by atoms with Crippen molar-refractivity contribution in [3.8, 4) is 5.75 Å². The van der Waals surface area contributed by atoms with Crippen LogP contribution in [-0.2, 0) is 4.74 Å². The SMILES string of the molecule is COc1ccc(C(C(C)N)N(C)CC2CCCCO2)cc1. The molecule has 118 valence electrons. The van der Waals surface area contributed by atoms with Gasteiger partial charge in [-0.2, -0.15) is 0 Å². The number of hydrogen-bond donors (Lipinski definition) is 1. The lowest BCUT2D eigenvalue weighted by molar-refractivity contribution is -0.00985. The molecule has 21 heavy (non-hydrogen) atoms. The zero-order valence-corrected chi connectivity index (χ0v) is 13.4. The van der Waals surface area contributed by atoms with Gasteiger partial charge in [0.25, 0.3) is 0 Å². The van der Waals surface area contributed by atoms with E-state index in [9.17, 15) is 0 Å². The zero-order chi connectivity index (χ0) is 15.2. The third kappa shape index (κ3) is 4.43. The first-order valence-electron chi connectivity index (χ1n) is 7.83. The molecule has 1 saturated heterocycles. The van der Waals surface area contributed by atoms with Crippen molar-refractivity contribution in [3.05, 3.63) is 29.8 Å². The lowest BCUT2D eigenvalue weighted by Gasteiger charge is -2.35. The van der Waals surface area contributed by atoms with E-state index in [-0.39, 0.29) is 12.1 Å². The molecule has 4 nitrogen and oxygen atoms in total. The summed E-state index contributed by atoms with van der Waals surface area (Å²) in [5, 5.41) is 0. The van der Waals surface area contributed by atoms with E-state index in [0.717, 1.165) is 25.3 Å². The van der Waals surface area contributed by atoms with Crippen LogP contribution >= 0.6 is 0 Å². The maximum Gasteiger partial charge on any atom is 0.118 e. The minimum atomic E-state index is 0.0620. The fourth-order valence-corrected chi connectivity index (χ4v) is 3.15. The molecular formula is C17H28N2O2. The van der Waals surface area contributed by atoms with Crippen molar-refractivity contribution in [2.75, 3.05) is 27.3 Å². The van der Waals surface area contributed by atoms with Crippen molar-refractivity contribution in [1.82, 2.24) is 4.90 Å². The van der Waals surface area contributed by atoms with Crippen LogP contribution in [0.25, 0.3) is 0 Å². The second-order valence-corrected chi connectivity index (χ2v) is 6.01. The molecule has 1 aliphatic heterocycles. The Morgan fingerprint density at radius 2 is 2.05 bits per heavy atom. The van der Waals surface area contributed by atoms with Crippen LogP contribution < -0.4 is 10.5 Å². The molecule has 3 unspecified atom stereocenters. The van der Waals surface area contributed by atoms with Gasteiger partial charge in [0.05, 0.1) is 13.2 Å². The predicted molar refractivity (Wildman–Crippen MR) is 85.6 cm³/mol. The summed E-state index contributed by atoms with van der Waals surface area (Å²) in [6, 6.07) is 8.45. The highest BCUT2D eigenvalue weighted by molar-refractivity contribution is 5.29. The molecule has 0 aromatic heterocycles. The smallest absolute Gasteiger partial charge is 0.118 e. The molecule has 1 aromatic rings. The van der Waals surface area contributed by atoms with E-state index < -0.39 is 0 Å². The van der Waals surface area contributed by atoms with Gasteiger partial charge in [0.15, 0.2) is 0 Å². The summed E-state index contributed by atoms with van der Waals surface area (Å²) in [5.74, 6) is 0.875. The van der Waals surface area contributed by atoms with Gasteiger partial charge in [-0.25, -0.2) is 0 Å². The highest BCUT2D eigenvalue weighted by Crippen LogP contribution is 2.26. The highest BCUT2D eigenvalue weighted by Gasteiger charge is 2.25. The van der Waals surface area contributed by atoms with E-state index in [0.29, 0.717) is 6.10 Å². The van der Waals surface area contributed by atoms with Crippen LogP contribution in [0, 0.1) is 0 Å². The second kappa shape index (κ2) is 7.78. The third-order valence-corrected chi connectivity index (χ3v) is 4.20. The molecule has 3 atom stereocenters. The molecule has 0 radical (unpaired) electrons. The molecule has 0 amide bonds. The van der Waals surface area contributed by atoms with Crippen molar-refractivity contribution < 1.29 is 9.47 Å². The van der Waals surface area contributed by atoms with E-state index in [4.69, 9.17) is 15.2 Å². The number of methoxy groups -OCH3 is 1. The number of hydrogen-bond acceptors (Lipinski definition) is 4. The number of nitrogens with two attached hydrogens (primary N) is 1. The van der Waals surface area contributed by atoms with Crippen LogP contribution in [0.2, 0.25) is 0 Å². The molecule has 2 rings (SSSR count). The first-order valence-corrected chi connectivity index (χ1v) is 7.83. The van der Waals surface area contributed by atoms with Crippen molar-refractivity contribution in [3.63, 3.8) is 0 Å². The molecule has 1 aromatic carbocycles. The molecule has 1 fully saturated rings. The summed E-state index contributed by atoms with van der Waals surface area (Å²) in [5.41, 5.74) is 7.46. The molecule has 0 saturated carbocycles. The maximum atomic E-state index is 6.23. The Bertz CT molecular complexity index is 413. The average molecular weight is 292 g/mol. The summed E-state index contributed by atoms with van der Waals surface area (Å²) in [6.07, 6.45) is 3.95. The Hall–Kier alpha value is -1.10. The van der Waals surface area contributed by atoms with Crippen LogP contribution in [0.5, 0.6) is 5.75 Å². The molecule has 1 heterocycles. The Kier molecular flexibility index (Phi) is 6.03. The monoisotopic (exact) mass is 292 g/mol. The van der Waals surface area contributed by atoms with E-state index >= 15 is 0 Å². The Labute approximate surface area is 128 Å². The lowest BCUT2D eigenvalue weighted by atomic mass is 9.98. The minimum absolute atomic E-state index is 0.0620. The first-order chi connectivity index (χ1) is 10.1. The molecule has 1 aliphatic rings. The predicted octanol–water partition coefficient (Wildman–Crippen LogP) is 2.58. The standard InChI is InChI=1S/C17H28N2O2/c1-13(18)17(14-7-9-15(20-3)10-8-14)19(2)12-16-6-4-5-11-21-16/h7-10,13,16-17H,4-6,11-12,18H2,1-3H3. The number of rotatable bonds is 6. The normalized spacial score (nSPS) is 22.0. The fourth-order valence-electron chi connectivity index (χ4n) is 3.15. The van der Waals surface area contributed by atoms with Gasteiger partial charge in [0.2, 0.25) is 0 Å². The Morgan fingerprint density at radius 3 is 2.57 bits per heavy atom. The van der Waals surface area contributed by atoms with Crippen molar-refractivity contribution in [1.29, 1.82) is 0 Å². The lowest BCUT2D eigenvalue weighted by Crippen LogP contribution is -2.42. The van der Waals surface area contributed by atoms with Gasteiger partial charge in [-0.3, -0.25) is 4.90 Å². The van der Waals surface area contributed by atoms with Gasteiger partial charge in [-0.1, -0.05) is 12.1 Å². The molecule has 0 bridgehead atoms. The molecule has 2 N–H and O–H groups in total. The van der Waals surface area contributed by atoms with Gasteiger partial charge in [-0.15, -0.1) is 0 Å². The number of ether oxygens (including phenoxy) is 2. The quantitative estimate of drug-likeness (QED) is 0.875. The van der Waals surface area contributed by atoms with Crippen molar-refractivity contribution in [2.45, 2.75) is 44.4 Å². The number of nitrogens with zero attached hydrogens (tertiary/aromatic N) is 1. The van der Waals surface area contributed by atoms with E-state index in [1.54, 1.807) is 7.11 Å². The first kappa shape index (κ1) is 16.3. The third-order valence-electron chi connectivity index (χ3n) is 4.20. The van der Waals surface area contributed by atoms with Crippen molar-refractivity contribution in [2.24, 2.45) is 5.73 Å². The molecule has 4 heteroatoms. The fraction of sp³-hybridized carbons (Fsp3) is 0.647. The van der Waals surface area contributed by atoms with Crippen LogP contribution in [0.4, 0.5) is 0 Å². The van der Waals surface area contributed by atoms with Crippen LogP contribution in [0.15, 0.2) is 24.3 Å². The van der Waals surface area contributed by atoms with Gasteiger partial charge in [0, 0.05) is 25.2 Å². The van der Waals surface area contributed by atoms with Gasteiger partial charge in [-0.05, 0) is 50.9 Å². The largest absolute Gasteiger partial charge is 0.497 e. The van der Waals surface area contributed by atoms with Crippen LogP contribution in [-0.4, -0.2) is 44.4 Å². The summed E-state index contributed by atoms with van der Waals surface area (Å²) < 4.78 is 11.1.